The summed E-state index contributed by atoms with van der Waals surface area (Å²) in [5.41, 5.74) is 1.56. The van der Waals surface area contributed by atoms with E-state index in [2.05, 4.69) is 20.3 Å². The van der Waals surface area contributed by atoms with Crippen LogP contribution in [0.15, 0.2) is 30.6 Å². The highest BCUT2D eigenvalue weighted by Gasteiger charge is 2.22. The summed E-state index contributed by atoms with van der Waals surface area (Å²) < 4.78 is 21.2. The van der Waals surface area contributed by atoms with E-state index in [9.17, 15) is 9.50 Å². The van der Waals surface area contributed by atoms with Crippen molar-refractivity contribution in [3.8, 4) is 5.75 Å². The zero-order valence-corrected chi connectivity index (χ0v) is 12.8. The highest BCUT2D eigenvalue weighted by Crippen LogP contribution is 2.28. The largest absolute Gasteiger partial charge is 0.508 e. The van der Waals surface area contributed by atoms with E-state index in [1.54, 1.807) is 29.1 Å². The summed E-state index contributed by atoms with van der Waals surface area (Å²) in [6, 6.07) is 6.94. The molecule has 8 heteroatoms. The lowest BCUT2D eigenvalue weighted by molar-refractivity contribution is 0.0592. The molecule has 0 amide bonds. The Morgan fingerprint density at radius 3 is 3.00 bits per heavy atom. The number of phenolic OH excluding ortho intramolecular Hbond substituents is 1. The van der Waals surface area contributed by atoms with Gasteiger partial charge < -0.3 is 15.2 Å². The van der Waals surface area contributed by atoms with Gasteiger partial charge in [0.2, 0.25) is 0 Å². The molecule has 0 bridgehead atoms. The summed E-state index contributed by atoms with van der Waals surface area (Å²) >= 11 is 0. The molecule has 1 aliphatic heterocycles. The molecular weight excluding hydrogens is 313 g/mol. The van der Waals surface area contributed by atoms with E-state index in [4.69, 9.17) is 4.74 Å². The number of rotatable bonds is 4. The lowest BCUT2D eigenvalue weighted by atomic mass is 10.2. The fourth-order valence-electron chi connectivity index (χ4n) is 2.84. The quantitative estimate of drug-likeness (QED) is 0.716. The van der Waals surface area contributed by atoms with Crippen LogP contribution in [0.2, 0.25) is 0 Å². The smallest absolute Gasteiger partial charge is 0.312 e. The SMILES string of the molecule is Oc1ccccc1CNc1nc(F)nc2c1ncn2C1CCCO1. The van der Waals surface area contributed by atoms with Crippen molar-refractivity contribution < 1.29 is 14.2 Å². The van der Waals surface area contributed by atoms with Crippen molar-refractivity contribution in [2.45, 2.75) is 25.6 Å². The molecule has 0 radical (unpaired) electrons. The molecule has 124 valence electrons. The first-order valence-electron chi connectivity index (χ1n) is 7.75. The minimum Gasteiger partial charge on any atom is -0.508 e. The number of aromatic nitrogens is 4. The van der Waals surface area contributed by atoms with Crippen LogP contribution in [0.5, 0.6) is 5.75 Å². The van der Waals surface area contributed by atoms with Crippen LogP contribution in [0.1, 0.15) is 24.6 Å². The van der Waals surface area contributed by atoms with Crippen LogP contribution in [0.4, 0.5) is 10.2 Å². The molecule has 0 aliphatic carbocycles. The van der Waals surface area contributed by atoms with Gasteiger partial charge in [0.25, 0.3) is 0 Å². The maximum Gasteiger partial charge on any atom is 0.312 e. The molecule has 1 fully saturated rings. The molecule has 1 unspecified atom stereocenters. The third-order valence-corrected chi connectivity index (χ3v) is 4.05. The Balaban J connectivity index is 1.66. The van der Waals surface area contributed by atoms with E-state index in [-0.39, 0.29) is 17.8 Å². The lowest BCUT2D eigenvalue weighted by Crippen LogP contribution is -2.09. The van der Waals surface area contributed by atoms with E-state index < -0.39 is 6.08 Å². The van der Waals surface area contributed by atoms with Crippen LogP contribution in [0.3, 0.4) is 0 Å². The van der Waals surface area contributed by atoms with Gasteiger partial charge in [-0.15, -0.1) is 0 Å². The number of fused-ring (bicyclic) bond motifs is 1. The highest BCUT2D eigenvalue weighted by molar-refractivity contribution is 5.82. The standard InChI is InChI=1S/C16H16FN5O2/c17-16-20-14(18-8-10-4-1-2-5-11(10)23)13-15(21-16)22(9-19-13)12-6-3-7-24-12/h1-2,4-5,9,12,23H,3,6-8H2,(H,18,20,21). The second-order valence-corrected chi connectivity index (χ2v) is 5.62. The number of para-hydroxylation sites is 1. The zero-order valence-electron chi connectivity index (χ0n) is 12.8. The number of nitrogens with one attached hydrogen (secondary N) is 1. The normalized spacial score (nSPS) is 17.5. The highest BCUT2D eigenvalue weighted by atomic mass is 19.1. The number of imidazole rings is 1. The van der Waals surface area contributed by atoms with Crippen molar-refractivity contribution in [1.29, 1.82) is 0 Å². The van der Waals surface area contributed by atoms with Crippen molar-refractivity contribution in [1.82, 2.24) is 19.5 Å². The Bertz CT molecular complexity index is 876. The van der Waals surface area contributed by atoms with E-state index in [1.807, 2.05) is 6.07 Å². The van der Waals surface area contributed by atoms with Crippen molar-refractivity contribution in [2.75, 3.05) is 11.9 Å². The number of hydrogen-bond acceptors (Lipinski definition) is 6. The van der Waals surface area contributed by atoms with Gasteiger partial charge in [-0.05, 0) is 18.9 Å². The van der Waals surface area contributed by atoms with E-state index >= 15 is 0 Å². The third kappa shape index (κ3) is 2.65. The van der Waals surface area contributed by atoms with Gasteiger partial charge in [-0.2, -0.15) is 14.4 Å². The molecule has 2 aromatic heterocycles. The fourth-order valence-corrected chi connectivity index (χ4v) is 2.84. The Labute approximate surface area is 137 Å². The molecular formula is C16H16FN5O2. The molecule has 7 nitrogen and oxygen atoms in total. The number of benzene rings is 1. The molecule has 1 aliphatic rings. The first-order valence-corrected chi connectivity index (χ1v) is 7.75. The summed E-state index contributed by atoms with van der Waals surface area (Å²) in [5.74, 6) is 0.457. The molecule has 1 aromatic carbocycles. The minimum absolute atomic E-state index is 0.167. The number of nitrogens with zero attached hydrogens (tertiary/aromatic N) is 4. The van der Waals surface area contributed by atoms with Gasteiger partial charge in [0.15, 0.2) is 17.0 Å². The van der Waals surface area contributed by atoms with Gasteiger partial charge in [-0.25, -0.2) is 4.98 Å². The topological polar surface area (TPSA) is 85.1 Å². The maximum atomic E-state index is 13.9. The molecule has 0 saturated carbocycles. The van der Waals surface area contributed by atoms with E-state index in [0.717, 1.165) is 12.8 Å². The predicted molar refractivity (Wildman–Crippen MR) is 84.9 cm³/mol. The van der Waals surface area contributed by atoms with Crippen LogP contribution >= 0.6 is 0 Å². The van der Waals surface area contributed by atoms with Crippen LogP contribution in [0, 0.1) is 6.08 Å². The molecule has 24 heavy (non-hydrogen) atoms. The number of halogens is 1. The predicted octanol–water partition coefficient (Wildman–Crippen LogP) is 2.59. The van der Waals surface area contributed by atoms with Crippen LogP contribution in [0.25, 0.3) is 11.2 Å². The van der Waals surface area contributed by atoms with Crippen molar-refractivity contribution in [3.05, 3.63) is 42.2 Å². The minimum atomic E-state index is -0.831. The van der Waals surface area contributed by atoms with Gasteiger partial charge >= 0.3 is 6.08 Å². The number of aromatic hydroxyl groups is 1. The molecule has 2 N–H and O–H groups in total. The van der Waals surface area contributed by atoms with Crippen molar-refractivity contribution in [3.63, 3.8) is 0 Å². The third-order valence-electron chi connectivity index (χ3n) is 4.05. The fraction of sp³-hybridized carbons (Fsp3) is 0.312. The Kier molecular flexibility index (Phi) is 3.73. The first kappa shape index (κ1) is 14.8. The van der Waals surface area contributed by atoms with Gasteiger partial charge in [-0.1, -0.05) is 18.2 Å². The van der Waals surface area contributed by atoms with Crippen LogP contribution < -0.4 is 5.32 Å². The average molecular weight is 329 g/mol. The lowest BCUT2D eigenvalue weighted by Gasteiger charge is -2.12. The second kappa shape index (κ2) is 6.04. The molecule has 0 spiro atoms. The number of hydrogen-bond donors (Lipinski definition) is 2. The number of ether oxygens (including phenoxy) is 1. The first-order chi connectivity index (χ1) is 11.7. The van der Waals surface area contributed by atoms with Crippen molar-refractivity contribution >= 4 is 17.0 Å². The summed E-state index contributed by atoms with van der Waals surface area (Å²) in [5, 5.41) is 12.8. The van der Waals surface area contributed by atoms with Crippen LogP contribution in [-0.2, 0) is 11.3 Å². The summed E-state index contributed by atoms with van der Waals surface area (Å²) in [6.07, 6.45) is 2.39. The van der Waals surface area contributed by atoms with Crippen LogP contribution in [-0.4, -0.2) is 31.2 Å². The van der Waals surface area contributed by atoms with Crippen molar-refractivity contribution in [2.24, 2.45) is 0 Å². The zero-order chi connectivity index (χ0) is 16.5. The molecule has 3 heterocycles. The number of anilines is 1. The van der Waals surface area contributed by atoms with Gasteiger partial charge in [0.05, 0.1) is 6.33 Å². The number of phenols is 1. The van der Waals surface area contributed by atoms with Gasteiger partial charge in [0.1, 0.15) is 12.0 Å². The van der Waals surface area contributed by atoms with Gasteiger partial charge in [-0.3, -0.25) is 4.57 Å². The monoisotopic (exact) mass is 329 g/mol. The summed E-state index contributed by atoms with van der Waals surface area (Å²) in [7, 11) is 0. The average Bonchev–Trinajstić information content (AvgIpc) is 3.22. The Morgan fingerprint density at radius 2 is 2.21 bits per heavy atom. The molecule has 4 rings (SSSR count). The summed E-state index contributed by atoms with van der Waals surface area (Å²) in [6.45, 7) is 0.974. The molecule has 3 aromatic rings. The molecule has 1 atom stereocenters. The van der Waals surface area contributed by atoms with E-state index in [1.165, 1.54) is 0 Å². The van der Waals surface area contributed by atoms with E-state index in [0.29, 0.717) is 29.9 Å². The summed E-state index contributed by atoms with van der Waals surface area (Å²) in [4.78, 5) is 12.0. The second-order valence-electron chi connectivity index (χ2n) is 5.62. The van der Waals surface area contributed by atoms with Gasteiger partial charge in [0, 0.05) is 18.7 Å². The Morgan fingerprint density at radius 1 is 1.33 bits per heavy atom. The maximum absolute atomic E-state index is 13.9. The molecule has 1 saturated heterocycles. The Hall–Kier alpha value is -2.74.